The summed E-state index contributed by atoms with van der Waals surface area (Å²) in [4.78, 5) is 29.4. The highest BCUT2D eigenvalue weighted by Crippen LogP contribution is 2.25. The average Bonchev–Trinajstić information content (AvgIpc) is 3.22. The highest BCUT2D eigenvalue weighted by molar-refractivity contribution is 6.05. The van der Waals surface area contributed by atoms with Crippen LogP contribution in [-0.4, -0.2) is 54.5 Å². The number of esters is 1. The van der Waals surface area contributed by atoms with E-state index in [1.54, 1.807) is 24.3 Å². The van der Waals surface area contributed by atoms with Crippen LogP contribution in [0.2, 0.25) is 0 Å². The summed E-state index contributed by atoms with van der Waals surface area (Å²) >= 11 is 0. The lowest BCUT2D eigenvalue weighted by atomic mass is 9.98. The molecule has 1 atom stereocenters. The first-order valence-electron chi connectivity index (χ1n) is 9.45. The Morgan fingerprint density at radius 3 is 2.44 bits per heavy atom. The van der Waals surface area contributed by atoms with Crippen molar-refractivity contribution in [2.45, 2.75) is 25.4 Å². The molecular weight excluding hydrogens is 340 g/mol. The van der Waals surface area contributed by atoms with Crippen molar-refractivity contribution in [2.75, 3.05) is 26.7 Å². The quantitative estimate of drug-likeness (QED) is 0.786. The van der Waals surface area contributed by atoms with Crippen LogP contribution >= 0.6 is 0 Å². The van der Waals surface area contributed by atoms with Gasteiger partial charge in [-0.3, -0.25) is 9.69 Å². The molecule has 0 spiro atoms. The Morgan fingerprint density at radius 2 is 1.67 bits per heavy atom. The van der Waals surface area contributed by atoms with E-state index in [1.165, 1.54) is 18.2 Å². The number of methoxy groups -OCH3 is 1. The maximum atomic E-state index is 13.0. The second-order valence-electron chi connectivity index (χ2n) is 7.22. The number of hydrogen-bond donors (Lipinski definition) is 0. The van der Waals surface area contributed by atoms with Crippen molar-refractivity contribution < 1.29 is 14.3 Å². The number of fused-ring (bicyclic) bond motifs is 1. The van der Waals surface area contributed by atoms with Gasteiger partial charge in [0.2, 0.25) is 0 Å². The fourth-order valence-corrected chi connectivity index (χ4v) is 4.18. The molecule has 0 bridgehead atoms. The molecule has 1 fully saturated rings. The largest absolute Gasteiger partial charge is 0.465 e. The standard InChI is InChI=1S/C22H24N2O3/c1-27-22(26)20-9-5-4-8-19(20)21(25)24-13-11-18(15-24)23-12-10-16-6-2-3-7-17(16)14-23/h2-9,18H,10-15H2,1H3/t18-/m1/s1. The van der Waals surface area contributed by atoms with Gasteiger partial charge in [0.15, 0.2) is 0 Å². The van der Waals surface area contributed by atoms with Crippen LogP contribution in [0, 0.1) is 0 Å². The Balaban J connectivity index is 1.46. The molecule has 0 saturated carbocycles. The van der Waals surface area contributed by atoms with Crippen molar-refractivity contribution in [2.24, 2.45) is 0 Å². The van der Waals surface area contributed by atoms with E-state index >= 15 is 0 Å². The minimum Gasteiger partial charge on any atom is -0.465 e. The third-order valence-electron chi connectivity index (χ3n) is 5.69. The molecular formula is C22H24N2O3. The smallest absolute Gasteiger partial charge is 0.338 e. The summed E-state index contributed by atoms with van der Waals surface area (Å²) in [5.74, 6) is -0.557. The van der Waals surface area contributed by atoms with E-state index < -0.39 is 5.97 Å². The van der Waals surface area contributed by atoms with Crippen LogP contribution in [0.3, 0.4) is 0 Å². The molecule has 1 amide bonds. The van der Waals surface area contributed by atoms with Crippen molar-refractivity contribution in [3.8, 4) is 0 Å². The molecule has 5 nitrogen and oxygen atoms in total. The Labute approximate surface area is 159 Å². The summed E-state index contributed by atoms with van der Waals surface area (Å²) in [6, 6.07) is 15.9. The fraction of sp³-hybridized carbons (Fsp3) is 0.364. The highest BCUT2D eigenvalue weighted by Gasteiger charge is 2.33. The van der Waals surface area contributed by atoms with Gasteiger partial charge in [-0.2, -0.15) is 0 Å². The topological polar surface area (TPSA) is 49.9 Å². The van der Waals surface area contributed by atoms with Crippen LogP contribution in [0.15, 0.2) is 48.5 Å². The van der Waals surface area contributed by atoms with Crippen molar-refractivity contribution in [1.82, 2.24) is 9.80 Å². The van der Waals surface area contributed by atoms with Gasteiger partial charge in [0, 0.05) is 32.2 Å². The van der Waals surface area contributed by atoms with Crippen molar-refractivity contribution in [3.63, 3.8) is 0 Å². The Hall–Kier alpha value is -2.66. The van der Waals surface area contributed by atoms with Gasteiger partial charge in [0.25, 0.3) is 5.91 Å². The number of carbonyl (C=O) groups is 2. The van der Waals surface area contributed by atoms with Crippen molar-refractivity contribution in [1.29, 1.82) is 0 Å². The molecule has 0 aromatic heterocycles. The van der Waals surface area contributed by atoms with E-state index in [9.17, 15) is 9.59 Å². The number of amides is 1. The molecule has 2 aromatic rings. The number of ether oxygens (including phenoxy) is 1. The fourth-order valence-electron chi connectivity index (χ4n) is 4.18. The number of carbonyl (C=O) groups excluding carboxylic acids is 2. The van der Waals surface area contributed by atoms with Gasteiger partial charge in [-0.15, -0.1) is 0 Å². The summed E-state index contributed by atoms with van der Waals surface area (Å²) in [6.07, 6.45) is 2.03. The summed E-state index contributed by atoms with van der Waals surface area (Å²) in [6.45, 7) is 3.40. The first-order valence-corrected chi connectivity index (χ1v) is 9.45. The monoisotopic (exact) mass is 364 g/mol. The SMILES string of the molecule is COC(=O)c1ccccc1C(=O)N1CC[C@@H](N2CCc3ccccc3C2)C1. The van der Waals surface area contributed by atoms with Crippen LogP contribution < -0.4 is 0 Å². The number of nitrogens with zero attached hydrogens (tertiary/aromatic N) is 2. The highest BCUT2D eigenvalue weighted by atomic mass is 16.5. The summed E-state index contributed by atoms with van der Waals surface area (Å²) < 4.78 is 4.82. The number of likely N-dealkylation sites (tertiary alicyclic amines) is 1. The molecule has 140 valence electrons. The van der Waals surface area contributed by atoms with Crippen LogP contribution in [0.1, 0.15) is 38.3 Å². The van der Waals surface area contributed by atoms with Gasteiger partial charge in [0.1, 0.15) is 0 Å². The molecule has 0 unspecified atom stereocenters. The third kappa shape index (κ3) is 3.47. The Morgan fingerprint density at radius 1 is 0.963 bits per heavy atom. The maximum absolute atomic E-state index is 13.0. The minimum absolute atomic E-state index is 0.0871. The van der Waals surface area contributed by atoms with Crippen LogP contribution in [-0.2, 0) is 17.7 Å². The zero-order valence-corrected chi connectivity index (χ0v) is 15.6. The maximum Gasteiger partial charge on any atom is 0.338 e. The van der Waals surface area contributed by atoms with Gasteiger partial charge >= 0.3 is 5.97 Å². The lowest BCUT2D eigenvalue weighted by Crippen LogP contribution is -2.41. The third-order valence-corrected chi connectivity index (χ3v) is 5.69. The zero-order valence-electron chi connectivity index (χ0n) is 15.6. The molecule has 1 saturated heterocycles. The van der Waals surface area contributed by atoms with Gasteiger partial charge in [-0.25, -0.2) is 4.79 Å². The second kappa shape index (κ2) is 7.53. The first-order chi connectivity index (χ1) is 13.2. The van der Waals surface area contributed by atoms with E-state index in [-0.39, 0.29) is 5.91 Å². The van der Waals surface area contributed by atoms with Gasteiger partial charge in [0.05, 0.1) is 18.2 Å². The molecule has 5 heteroatoms. The van der Waals surface area contributed by atoms with Crippen LogP contribution in [0.4, 0.5) is 0 Å². The number of benzene rings is 2. The number of hydrogen-bond acceptors (Lipinski definition) is 4. The summed E-state index contributed by atoms with van der Waals surface area (Å²) in [5.41, 5.74) is 3.59. The Kier molecular flexibility index (Phi) is 4.94. The van der Waals surface area contributed by atoms with Crippen molar-refractivity contribution in [3.05, 3.63) is 70.8 Å². The van der Waals surface area contributed by atoms with Crippen LogP contribution in [0.5, 0.6) is 0 Å². The first kappa shape index (κ1) is 17.7. The normalized spacial score (nSPS) is 19.6. The molecule has 0 radical (unpaired) electrons. The molecule has 2 aliphatic heterocycles. The molecule has 2 aromatic carbocycles. The predicted octanol–water partition coefficient (Wildman–Crippen LogP) is 2.75. The van der Waals surface area contributed by atoms with Crippen molar-refractivity contribution >= 4 is 11.9 Å². The molecule has 2 heterocycles. The molecule has 2 aliphatic rings. The van der Waals surface area contributed by atoms with E-state index in [2.05, 4.69) is 29.2 Å². The molecule has 0 N–H and O–H groups in total. The van der Waals surface area contributed by atoms with E-state index in [1.807, 2.05) is 4.90 Å². The number of rotatable bonds is 3. The van der Waals surface area contributed by atoms with E-state index in [4.69, 9.17) is 4.74 Å². The molecule has 4 rings (SSSR count). The minimum atomic E-state index is -0.470. The predicted molar refractivity (Wildman–Crippen MR) is 103 cm³/mol. The zero-order chi connectivity index (χ0) is 18.8. The van der Waals surface area contributed by atoms with E-state index in [0.29, 0.717) is 23.7 Å². The second-order valence-corrected chi connectivity index (χ2v) is 7.22. The average molecular weight is 364 g/mol. The van der Waals surface area contributed by atoms with Gasteiger partial charge in [-0.05, 0) is 36.1 Å². The Bertz CT molecular complexity index is 864. The van der Waals surface area contributed by atoms with Gasteiger partial charge < -0.3 is 9.64 Å². The summed E-state index contributed by atoms with van der Waals surface area (Å²) in [7, 11) is 1.34. The lowest BCUT2D eigenvalue weighted by Gasteiger charge is -2.33. The van der Waals surface area contributed by atoms with E-state index in [0.717, 1.165) is 32.5 Å². The van der Waals surface area contributed by atoms with Crippen LogP contribution in [0.25, 0.3) is 0 Å². The lowest BCUT2D eigenvalue weighted by molar-refractivity contribution is 0.0591. The molecule has 27 heavy (non-hydrogen) atoms. The summed E-state index contributed by atoms with van der Waals surface area (Å²) in [5, 5.41) is 0. The molecule has 0 aliphatic carbocycles. The van der Waals surface area contributed by atoms with Gasteiger partial charge in [-0.1, -0.05) is 36.4 Å².